The lowest BCUT2D eigenvalue weighted by Crippen LogP contribution is -2.61. The average Bonchev–Trinajstić information content (AvgIpc) is 3.20. The highest BCUT2D eigenvalue weighted by atomic mass is 16.1. The molecule has 4 heteroatoms. The Bertz CT molecular complexity index is 470. The van der Waals surface area contributed by atoms with Crippen molar-refractivity contribution in [3.05, 3.63) is 29.8 Å². The average molecular weight is 261 g/mol. The normalized spacial score (nSPS) is 17.8. The Labute approximate surface area is 115 Å². The van der Waals surface area contributed by atoms with Gasteiger partial charge in [-0.05, 0) is 50.4 Å². The molecular formula is C15H23N3O. The number of carbonyl (C=O) groups is 1. The first-order valence-corrected chi connectivity index (χ1v) is 6.76. The Morgan fingerprint density at radius 2 is 2.21 bits per heavy atom. The van der Waals surface area contributed by atoms with Gasteiger partial charge in [-0.15, -0.1) is 0 Å². The number of nitrogens with one attached hydrogen (secondary N) is 1. The molecule has 1 amide bonds. The SMILES string of the molecule is CNC(CN(C)c1cccc(C)c1)(C(N)=O)C1CC1. The van der Waals surface area contributed by atoms with E-state index in [1.165, 1.54) is 5.56 Å². The van der Waals surface area contributed by atoms with E-state index in [1.807, 2.05) is 20.2 Å². The second kappa shape index (κ2) is 5.21. The van der Waals surface area contributed by atoms with Gasteiger partial charge in [0.2, 0.25) is 5.91 Å². The molecule has 1 atom stereocenters. The number of rotatable bonds is 6. The van der Waals surface area contributed by atoms with E-state index in [0.29, 0.717) is 12.5 Å². The fraction of sp³-hybridized carbons (Fsp3) is 0.533. The van der Waals surface area contributed by atoms with E-state index in [2.05, 4.69) is 35.3 Å². The molecule has 0 aliphatic heterocycles. The van der Waals surface area contributed by atoms with E-state index in [-0.39, 0.29) is 5.91 Å². The van der Waals surface area contributed by atoms with Crippen molar-refractivity contribution < 1.29 is 4.79 Å². The number of amides is 1. The Kier molecular flexibility index (Phi) is 3.80. The van der Waals surface area contributed by atoms with Crippen LogP contribution in [0.3, 0.4) is 0 Å². The largest absolute Gasteiger partial charge is 0.372 e. The molecule has 104 valence electrons. The number of aryl methyl sites for hydroxylation is 1. The molecular weight excluding hydrogens is 238 g/mol. The van der Waals surface area contributed by atoms with Crippen LogP contribution in [0.4, 0.5) is 5.69 Å². The van der Waals surface area contributed by atoms with Crippen molar-refractivity contribution in [3.63, 3.8) is 0 Å². The van der Waals surface area contributed by atoms with Crippen LogP contribution in [0.25, 0.3) is 0 Å². The zero-order valence-corrected chi connectivity index (χ0v) is 11.9. The summed E-state index contributed by atoms with van der Waals surface area (Å²) in [5.74, 6) is 0.110. The van der Waals surface area contributed by atoms with Crippen LogP contribution < -0.4 is 16.0 Å². The quantitative estimate of drug-likeness (QED) is 0.811. The molecule has 2 rings (SSSR count). The molecule has 0 saturated heterocycles. The molecule has 1 saturated carbocycles. The third-order valence-electron chi connectivity index (χ3n) is 4.09. The van der Waals surface area contributed by atoms with Gasteiger partial charge in [-0.25, -0.2) is 0 Å². The minimum Gasteiger partial charge on any atom is -0.372 e. The molecule has 1 aromatic rings. The number of primary amides is 1. The van der Waals surface area contributed by atoms with Crippen molar-refractivity contribution in [3.8, 4) is 0 Å². The topological polar surface area (TPSA) is 58.4 Å². The number of benzene rings is 1. The molecule has 0 heterocycles. The number of likely N-dealkylation sites (N-methyl/N-ethyl adjacent to an activating group) is 2. The lowest BCUT2D eigenvalue weighted by Gasteiger charge is -2.35. The van der Waals surface area contributed by atoms with E-state index in [9.17, 15) is 4.79 Å². The van der Waals surface area contributed by atoms with Crippen molar-refractivity contribution in [2.45, 2.75) is 25.3 Å². The second-order valence-electron chi connectivity index (χ2n) is 5.55. The van der Waals surface area contributed by atoms with Crippen molar-refractivity contribution in [1.82, 2.24) is 5.32 Å². The standard InChI is InChI=1S/C15H23N3O/c1-11-5-4-6-13(9-11)18(3)10-15(17-2,14(16)19)12-7-8-12/h4-6,9,12,17H,7-8,10H2,1-3H3,(H2,16,19). The van der Waals surface area contributed by atoms with Gasteiger partial charge in [0.25, 0.3) is 0 Å². The lowest BCUT2D eigenvalue weighted by atomic mass is 9.91. The second-order valence-corrected chi connectivity index (χ2v) is 5.55. The highest BCUT2D eigenvalue weighted by Gasteiger charge is 2.49. The van der Waals surface area contributed by atoms with E-state index in [1.54, 1.807) is 0 Å². The summed E-state index contributed by atoms with van der Waals surface area (Å²) in [6.45, 7) is 2.67. The number of hydrogen-bond donors (Lipinski definition) is 2. The molecule has 3 N–H and O–H groups in total. The highest BCUT2D eigenvalue weighted by molar-refractivity contribution is 5.86. The van der Waals surface area contributed by atoms with Crippen LogP contribution in [0.15, 0.2) is 24.3 Å². The summed E-state index contributed by atoms with van der Waals surface area (Å²) in [5.41, 5.74) is 7.36. The fourth-order valence-corrected chi connectivity index (χ4v) is 2.72. The summed E-state index contributed by atoms with van der Waals surface area (Å²) >= 11 is 0. The van der Waals surface area contributed by atoms with Gasteiger partial charge in [0, 0.05) is 19.3 Å². The van der Waals surface area contributed by atoms with Gasteiger partial charge in [0.05, 0.1) is 0 Å². The summed E-state index contributed by atoms with van der Waals surface area (Å²) in [7, 11) is 3.83. The van der Waals surface area contributed by atoms with Crippen LogP contribution in [-0.4, -0.2) is 32.1 Å². The van der Waals surface area contributed by atoms with E-state index < -0.39 is 5.54 Å². The lowest BCUT2D eigenvalue weighted by molar-refractivity contribution is -0.124. The van der Waals surface area contributed by atoms with Gasteiger partial charge >= 0.3 is 0 Å². The maximum absolute atomic E-state index is 11.9. The monoisotopic (exact) mass is 261 g/mol. The Balaban J connectivity index is 2.19. The third kappa shape index (κ3) is 2.73. The Morgan fingerprint density at radius 3 is 2.68 bits per heavy atom. The molecule has 1 aliphatic rings. The molecule has 19 heavy (non-hydrogen) atoms. The first-order valence-electron chi connectivity index (χ1n) is 6.76. The third-order valence-corrected chi connectivity index (χ3v) is 4.09. The molecule has 0 aromatic heterocycles. The number of anilines is 1. The van der Waals surface area contributed by atoms with Crippen molar-refractivity contribution >= 4 is 11.6 Å². The number of nitrogens with two attached hydrogens (primary N) is 1. The summed E-state index contributed by atoms with van der Waals surface area (Å²) in [5, 5.41) is 3.18. The van der Waals surface area contributed by atoms with Gasteiger partial charge in [-0.3, -0.25) is 4.79 Å². The first-order chi connectivity index (χ1) is 8.99. The predicted molar refractivity (Wildman–Crippen MR) is 78.2 cm³/mol. The predicted octanol–water partition coefficient (Wildman–Crippen LogP) is 1.28. The summed E-state index contributed by atoms with van der Waals surface area (Å²) in [6.07, 6.45) is 2.15. The van der Waals surface area contributed by atoms with E-state index >= 15 is 0 Å². The molecule has 1 fully saturated rings. The van der Waals surface area contributed by atoms with Gasteiger partial charge in [0.1, 0.15) is 5.54 Å². The molecule has 0 spiro atoms. The minimum atomic E-state index is -0.613. The molecule has 1 aromatic carbocycles. The van der Waals surface area contributed by atoms with Crippen LogP contribution in [-0.2, 0) is 4.79 Å². The van der Waals surface area contributed by atoms with E-state index in [0.717, 1.165) is 18.5 Å². The maximum atomic E-state index is 11.9. The summed E-state index contributed by atoms with van der Waals surface area (Å²) < 4.78 is 0. The first kappa shape index (κ1) is 13.9. The van der Waals surface area contributed by atoms with Crippen molar-refractivity contribution in [2.24, 2.45) is 11.7 Å². The van der Waals surface area contributed by atoms with Crippen LogP contribution in [0.2, 0.25) is 0 Å². The van der Waals surface area contributed by atoms with E-state index in [4.69, 9.17) is 5.73 Å². The van der Waals surface area contributed by atoms with Crippen LogP contribution in [0, 0.1) is 12.8 Å². The number of hydrogen-bond acceptors (Lipinski definition) is 3. The number of nitrogens with zero attached hydrogens (tertiary/aromatic N) is 1. The summed E-state index contributed by atoms with van der Waals surface area (Å²) in [4.78, 5) is 14.0. The Hall–Kier alpha value is -1.55. The molecule has 0 radical (unpaired) electrons. The zero-order chi connectivity index (χ0) is 14.0. The van der Waals surface area contributed by atoms with Gasteiger partial charge in [-0.1, -0.05) is 12.1 Å². The maximum Gasteiger partial charge on any atom is 0.239 e. The van der Waals surface area contributed by atoms with Crippen LogP contribution in [0.5, 0.6) is 0 Å². The number of carbonyl (C=O) groups excluding carboxylic acids is 1. The van der Waals surface area contributed by atoms with Gasteiger partial charge < -0.3 is 16.0 Å². The minimum absolute atomic E-state index is 0.253. The molecule has 4 nitrogen and oxygen atoms in total. The fourth-order valence-electron chi connectivity index (χ4n) is 2.72. The Morgan fingerprint density at radius 1 is 1.53 bits per heavy atom. The van der Waals surface area contributed by atoms with Gasteiger partial charge in [0.15, 0.2) is 0 Å². The van der Waals surface area contributed by atoms with Gasteiger partial charge in [-0.2, -0.15) is 0 Å². The molecule has 1 unspecified atom stereocenters. The van der Waals surface area contributed by atoms with Crippen molar-refractivity contribution in [1.29, 1.82) is 0 Å². The molecule has 0 bridgehead atoms. The van der Waals surface area contributed by atoms with Crippen LogP contribution in [0.1, 0.15) is 18.4 Å². The summed E-state index contributed by atoms with van der Waals surface area (Å²) in [6, 6.07) is 8.27. The van der Waals surface area contributed by atoms with Crippen molar-refractivity contribution in [2.75, 3.05) is 25.5 Å². The highest BCUT2D eigenvalue weighted by Crippen LogP contribution is 2.40. The molecule has 1 aliphatic carbocycles. The smallest absolute Gasteiger partial charge is 0.239 e. The zero-order valence-electron chi connectivity index (χ0n) is 11.9. The van der Waals surface area contributed by atoms with Crippen LogP contribution >= 0.6 is 0 Å².